The van der Waals surface area contributed by atoms with Crippen molar-refractivity contribution in [1.82, 2.24) is 9.21 Å². The number of nitrogens with zero attached hydrogens (tertiary/aromatic N) is 2. The van der Waals surface area contributed by atoms with Gasteiger partial charge in [0.2, 0.25) is 10.0 Å². The summed E-state index contributed by atoms with van der Waals surface area (Å²) in [4.78, 5) is 2.66. The lowest BCUT2D eigenvalue weighted by atomic mass is 10.0. The van der Waals surface area contributed by atoms with Gasteiger partial charge in [-0.05, 0) is 34.4 Å². The van der Waals surface area contributed by atoms with Crippen LogP contribution in [-0.4, -0.2) is 57.0 Å². The van der Waals surface area contributed by atoms with Crippen molar-refractivity contribution in [3.63, 3.8) is 0 Å². The Morgan fingerprint density at radius 2 is 1.31 bits per heavy atom. The maximum Gasteiger partial charge on any atom is 0.243 e. The minimum atomic E-state index is -3.59. The van der Waals surface area contributed by atoms with Crippen molar-refractivity contribution in [1.29, 1.82) is 0 Å². The van der Waals surface area contributed by atoms with Crippen LogP contribution in [-0.2, 0) is 10.0 Å². The average Bonchev–Trinajstić information content (AvgIpc) is 3.18. The third kappa shape index (κ3) is 3.11. The van der Waals surface area contributed by atoms with Gasteiger partial charge in [0, 0.05) is 32.2 Å². The fourth-order valence-electron chi connectivity index (χ4n) is 5.06. The number of fused-ring (bicyclic) bond motifs is 4. The molecule has 0 saturated carbocycles. The highest BCUT2D eigenvalue weighted by molar-refractivity contribution is 7.89. The Morgan fingerprint density at radius 3 is 1.97 bits per heavy atom. The second-order valence-electron chi connectivity index (χ2n) is 8.32. The van der Waals surface area contributed by atoms with E-state index in [-0.39, 0.29) is 10.9 Å². The number of benzene rings is 3. The van der Waals surface area contributed by atoms with Gasteiger partial charge >= 0.3 is 0 Å². The smallest absolute Gasteiger partial charge is 0.243 e. The van der Waals surface area contributed by atoms with E-state index in [2.05, 4.69) is 53.4 Å². The number of piperazine rings is 1. The standard InChI is InChI=1S/C25H24N2O4S/c28-32(29,18-9-10-23-24(17-18)31-16-15-30-23)27-13-11-26(12-14-27)25-21-7-3-1-5-19(21)20-6-2-4-8-22(20)25/h1-10,17,25H,11-16H2. The van der Waals surface area contributed by atoms with Crippen molar-refractivity contribution in [3.05, 3.63) is 77.9 Å². The lowest BCUT2D eigenvalue weighted by molar-refractivity contribution is 0.157. The van der Waals surface area contributed by atoms with Gasteiger partial charge in [0.25, 0.3) is 0 Å². The summed E-state index contributed by atoms with van der Waals surface area (Å²) >= 11 is 0. The monoisotopic (exact) mass is 448 g/mol. The minimum Gasteiger partial charge on any atom is -0.486 e. The van der Waals surface area contributed by atoms with E-state index in [1.165, 1.54) is 22.3 Å². The van der Waals surface area contributed by atoms with Gasteiger partial charge in [0.15, 0.2) is 11.5 Å². The molecule has 2 aliphatic heterocycles. The van der Waals surface area contributed by atoms with Gasteiger partial charge < -0.3 is 9.47 Å². The first kappa shape index (κ1) is 19.8. The van der Waals surface area contributed by atoms with Crippen LogP contribution in [0.3, 0.4) is 0 Å². The first-order valence-corrected chi connectivity index (χ1v) is 12.4. The molecule has 6 rings (SSSR count). The summed E-state index contributed by atoms with van der Waals surface area (Å²) in [6.07, 6.45) is 0. The van der Waals surface area contributed by atoms with Crippen LogP contribution in [0.25, 0.3) is 11.1 Å². The quantitative estimate of drug-likeness (QED) is 0.614. The van der Waals surface area contributed by atoms with Crippen molar-refractivity contribution in [3.8, 4) is 22.6 Å². The molecule has 3 aromatic carbocycles. The molecule has 1 saturated heterocycles. The van der Waals surface area contributed by atoms with Crippen molar-refractivity contribution >= 4 is 10.0 Å². The Kier molecular flexibility index (Phi) is 4.71. The van der Waals surface area contributed by atoms with Crippen LogP contribution < -0.4 is 9.47 Å². The van der Waals surface area contributed by atoms with Gasteiger partial charge in [0.05, 0.1) is 10.9 Å². The maximum atomic E-state index is 13.3. The van der Waals surface area contributed by atoms with Gasteiger partial charge in [-0.25, -0.2) is 8.42 Å². The van der Waals surface area contributed by atoms with Crippen LogP contribution in [0.1, 0.15) is 17.2 Å². The molecule has 1 fully saturated rings. The van der Waals surface area contributed by atoms with E-state index < -0.39 is 10.0 Å². The Labute approximate surface area is 188 Å². The van der Waals surface area contributed by atoms with Gasteiger partial charge in [0.1, 0.15) is 13.2 Å². The number of hydrogen-bond donors (Lipinski definition) is 0. The van der Waals surface area contributed by atoms with Gasteiger partial charge in [-0.15, -0.1) is 0 Å². The molecule has 0 unspecified atom stereocenters. The lowest BCUT2D eigenvalue weighted by Crippen LogP contribution is -2.49. The SMILES string of the molecule is O=S(=O)(c1ccc2c(c1)OCCO2)N1CCN(C2c3ccccc3-c3ccccc32)CC1. The van der Waals surface area contributed by atoms with E-state index in [9.17, 15) is 8.42 Å². The molecule has 3 aliphatic rings. The molecule has 2 heterocycles. The fraction of sp³-hybridized carbons (Fsp3) is 0.280. The minimum absolute atomic E-state index is 0.168. The molecular weight excluding hydrogens is 424 g/mol. The normalized spacial score (nSPS) is 18.9. The van der Waals surface area contributed by atoms with E-state index in [0.29, 0.717) is 50.9 Å². The second-order valence-corrected chi connectivity index (χ2v) is 10.3. The van der Waals surface area contributed by atoms with E-state index in [1.807, 2.05) is 0 Å². The average molecular weight is 449 g/mol. The highest BCUT2D eigenvalue weighted by Gasteiger charge is 2.36. The zero-order valence-electron chi connectivity index (χ0n) is 17.6. The zero-order valence-corrected chi connectivity index (χ0v) is 18.4. The molecular formula is C25H24N2O4S. The Bertz CT molecular complexity index is 1240. The lowest BCUT2D eigenvalue weighted by Gasteiger charge is -2.38. The van der Waals surface area contributed by atoms with Crippen LogP contribution in [0.4, 0.5) is 0 Å². The number of ether oxygens (including phenoxy) is 2. The molecule has 0 N–H and O–H groups in total. The third-order valence-corrected chi connectivity index (χ3v) is 8.49. The van der Waals surface area contributed by atoms with Crippen LogP contribution >= 0.6 is 0 Å². The summed E-state index contributed by atoms with van der Waals surface area (Å²) in [5, 5.41) is 0. The first-order chi connectivity index (χ1) is 15.6. The molecule has 1 aliphatic carbocycles. The van der Waals surface area contributed by atoms with Crippen LogP contribution in [0, 0.1) is 0 Å². The summed E-state index contributed by atoms with van der Waals surface area (Å²) in [6.45, 7) is 3.18. The maximum absolute atomic E-state index is 13.3. The highest BCUT2D eigenvalue weighted by Crippen LogP contribution is 2.46. The predicted molar refractivity (Wildman–Crippen MR) is 121 cm³/mol. The molecule has 0 spiro atoms. The fourth-order valence-corrected chi connectivity index (χ4v) is 6.50. The topological polar surface area (TPSA) is 59.1 Å². The van der Waals surface area contributed by atoms with Gasteiger partial charge in [-0.2, -0.15) is 4.31 Å². The number of hydrogen-bond acceptors (Lipinski definition) is 5. The van der Waals surface area contributed by atoms with E-state index in [4.69, 9.17) is 9.47 Å². The molecule has 0 bridgehead atoms. The molecule has 0 radical (unpaired) electrons. The molecule has 32 heavy (non-hydrogen) atoms. The Balaban J connectivity index is 1.24. The van der Waals surface area contributed by atoms with Crippen LogP contribution in [0.5, 0.6) is 11.5 Å². The number of sulfonamides is 1. The second kappa shape index (κ2) is 7.62. The number of rotatable bonds is 3. The summed E-state index contributed by atoms with van der Waals surface area (Å²) in [5.74, 6) is 1.09. The molecule has 0 atom stereocenters. The Morgan fingerprint density at radius 1 is 0.719 bits per heavy atom. The summed E-state index contributed by atoms with van der Waals surface area (Å²) in [7, 11) is -3.59. The first-order valence-electron chi connectivity index (χ1n) is 10.9. The molecule has 164 valence electrons. The van der Waals surface area contributed by atoms with Crippen molar-refractivity contribution < 1.29 is 17.9 Å². The molecule has 0 amide bonds. The third-order valence-electron chi connectivity index (χ3n) is 6.59. The van der Waals surface area contributed by atoms with Crippen LogP contribution in [0.15, 0.2) is 71.6 Å². The zero-order chi connectivity index (χ0) is 21.7. The molecule has 0 aromatic heterocycles. The van der Waals surface area contributed by atoms with Crippen molar-refractivity contribution in [2.24, 2.45) is 0 Å². The van der Waals surface area contributed by atoms with Crippen molar-refractivity contribution in [2.75, 3.05) is 39.4 Å². The largest absolute Gasteiger partial charge is 0.486 e. The molecule has 3 aromatic rings. The van der Waals surface area contributed by atoms with Crippen LogP contribution in [0.2, 0.25) is 0 Å². The summed E-state index contributed by atoms with van der Waals surface area (Å²) in [5.41, 5.74) is 5.16. The van der Waals surface area contributed by atoms with E-state index in [1.54, 1.807) is 22.5 Å². The van der Waals surface area contributed by atoms with E-state index >= 15 is 0 Å². The summed E-state index contributed by atoms with van der Waals surface area (Å²) in [6, 6.07) is 22.1. The summed E-state index contributed by atoms with van der Waals surface area (Å²) < 4.78 is 39.3. The van der Waals surface area contributed by atoms with Gasteiger partial charge in [-0.3, -0.25) is 4.90 Å². The van der Waals surface area contributed by atoms with E-state index in [0.717, 1.165) is 0 Å². The van der Waals surface area contributed by atoms with Gasteiger partial charge in [-0.1, -0.05) is 48.5 Å². The highest BCUT2D eigenvalue weighted by atomic mass is 32.2. The van der Waals surface area contributed by atoms with Crippen molar-refractivity contribution in [2.45, 2.75) is 10.9 Å². The predicted octanol–water partition coefficient (Wildman–Crippen LogP) is 3.53. The molecule has 7 heteroatoms. The Hall–Kier alpha value is -2.87. The molecule has 6 nitrogen and oxygen atoms in total.